The van der Waals surface area contributed by atoms with Crippen molar-refractivity contribution in [3.05, 3.63) is 51.5 Å². The number of anilines is 2. The van der Waals surface area contributed by atoms with Gasteiger partial charge in [0.05, 0.1) is 0 Å². The zero-order valence-electron chi connectivity index (χ0n) is 15.4. The number of hydrogen-bond donors (Lipinski definition) is 2. The summed E-state index contributed by atoms with van der Waals surface area (Å²) in [7, 11) is 0. The van der Waals surface area contributed by atoms with E-state index in [1.807, 2.05) is 39.0 Å². The first-order chi connectivity index (χ1) is 12.3. The molecule has 0 saturated heterocycles. The number of nitrogens with one attached hydrogen (secondary N) is 2. The van der Waals surface area contributed by atoms with Gasteiger partial charge in [-0.05, 0) is 61.7 Å². The number of carbonyl (C=O) groups is 2. The van der Waals surface area contributed by atoms with E-state index in [4.69, 9.17) is 4.74 Å². The van der Waals surface area contributed by atoms with Gasteiger partial charge in [0, 0.05) is 22.3 Å². The van der Waals surface area contributed by atoms with Gasteiger partial charge in [0.15, 0.2) is 6.61 Å². The molecule has 0 unspecified atom stereocenters. The maximum atomic E-state index is 12.2. The molecule has 0 aliphatic heterocycles. The van der Waals surface area contributed by atoms with Crippen LogP contribution in [0.15, 0.2) is 34.8 Å². The summed E-state index contributed by atoms with van der Waals surface area (Å²) in [6.07, 6.45) is 0.399. The summed E-state index contributed by atoms with van der Waals surface area (Å²) in [5.41, 5.74) is 4.16. The molecule has 0 bridgehead atoms. The maximum absolute atomic E-state index is 12.2. The Balaban J connectivity index is 2.02. The lowest BCUT2D eigenvalue weighted by molar-refractivity contribution is -0.118. The van der Waals surface area contributed by atoms with Crippen LogP contribution in [0.25, 0.3) is 0 Å². The van der Waals surface area contributed by atoms with Gasteiger partial charge >= 0.3 is 0 Å². The summed E-state index contributed by atoms with van der Waals surface area (Å²) in [5, 5.41) is 5.62. The standard InChI is InChI=1S/C20H23BrN2O3/c1-5-18(24)23-17-10-16(7-6-12(17)2)22-19(25)11-26-20-13(3)8-15(21)9-14(20)4/h6-10H,5,11H2,1-4H3,(H,22,25)(H,23,24). The minimum atomic E-state index is -0.261. The number of rotatable bonds is 6. The predicted molar refractivity (Wildman–Crippen MR) is 108 cm³/mol. The van der Waals surface area contributed by atoms with Crippen LogP contribution in [0.3, 0.4) is 0 Å². The largest absolute Gasteiger partial charge is 0.483 e. The molecule has 6 heteroatoms. The van der Waals surface area contributed by atoms with Crippen molar-refractivity contribution in [1.82, 2.24) is 0 Å². The SMILES string of the molecule is CCC(=O)Nc1cc(NC(=O)COc2c(C)cc(Br)cc2C)ccc1C. The van der Waals surface area contributed by atoms with Crippen LogP contribution in [0, 0.1) is 20.8 Å². The lowest BCUT2D eigenvalue weighted by atomic mass is 10.1. The lowest BCUT2D eigenvalue weighted by Crippen LogP contribution is -2.21. The van der Waals surface area contributed by atoms with Crippen LogP contribution in [-0.2, 0) is 9.59 Å². The Morgan fingerprint density at radius 2 is 1.62 bits per heavy atom. The van der Waals surface area contributed by atoms with E-state index in [1.165, 1.54) is 0 Å². The number of hydrogen-bond acceptors (Lipinski definition) is 3. The Morgan fingerprint density at radius 3 is 2.23 bits per heavy atom. The first-order valence-corrected chi connectivity index (χ1v) is 9.19. The van der Waals surface area contributed by atoms with Gasteiger partial charge < -0.3 is 15.4 Å². The monoisotopic (exact) mass is 418 g/mol. The van der Waals surface area contributed by atoms with Crippen LogP contribution in [-0.4, -0.2) is 18.4 Å². The third-order valence-electron chi connectivity index (χ3n) is 3.89. The molecule has 0 fully saturated rings. The van der Waals surface area contributed by atoms with Crippen LogP contribution < -0.4 is 15.4 Å². The second-order valence-corrected chi connectivity index (χ2v) is 7.05. The van der Waals surface area contributed by atoms with Gasteiger partial charge in [-0.25, -0.2) is 0 Å². The normalized spacial score (nSPS) is 10.3. The van der Waals surface area contributed by atoms with Gasteiger partial charge in [0.25, 0.3) is 5.91 Å². The highest BCUT2D eigenvalue weighted by atomic mass is 79.9. The molecule has 138 valence electrons. The number of ether oxygens (including phenoxy) is 1. The quantitative estimate of drug-likeness (QED) is 0.711. The smallest absolute Gasteiger partial charge is 0.262 e. The molecule has 2 aromatic carbocycles. The van der Waals surface area contributed by atoms with Crippen molar-refractivity contribution >= 4 is 39.1 Å². The van der Waals surface area contributed by atoms with E-state index >= 15 is 0 Å². The van der Waals surface area contributed by atoms with Crippen molar-refractivity contribution in [3.8, 4) is 5.75 Å². The first-order valence-electron chi connectivity index (χ1n) is 8.40. The zero-order chi connectivity index (χ0) is 19.3. The molecule has 0 saturated carbocycles. The van der Waals surface area contributed by atoms with Gasteiger partial charge in [-0.1, -0.05) is 28.9 Å². The molecule has 0 atom stereocenters. The second kappa shape index (κ2) is 8.85. The third-order valence-corrected chi connectivity index (χ3v) is 4.35. The molecule has 2 amide bonds. The average Bonchev–Trinajstić information content (AvgIpc) is 2.56. The van der Waals surface area contributed by atoms with E-state index in [2.05, 4.69) is 26.6 Å². The average molecular weight is 419 g/mol. The molecule has 2 aromatic rings. The van der Waals surface area contributed by atoms with Crippen LogP contribution in [0.5, 0.6) is 5.75 Å². The van der Waals surface area contributed by atoms with Gasteiger partial charge in [0.2, 0.25) is 5.91 Å². The van der Waals surface area contributed by atoms with Gasteiger partial charge in [0.1, 0.15) is 5.75 Å². The van der Waals surface area contributed by atoms with Gasteiger partial charge in [-0.3, -0.25) is 9.59 Å². The summed E-state index contributed by atoms with van der Waals surface area (Å²) in [4.78, 5) is 23.8. The second-order valence-electron chi connectivity index (χ2n) is 6.14. The highest BCUT2D eigenvalue weighted by molar-refractivity contribution is 9.10. The van der Waals surface area contributed by atoms with E-state index in [1.54, 1.807) is 19.1 Å². The minimum absolute atomic E-state index is 0.0684. The van der Waals surface area contributed by atoms with Crippen molar-refractivity contribution in [2.24, 2.45) is 0 Å². The topological polar surface area (TPSA) is 67.4 Å². The molecule has 0 spiro atoms. The van der Waals surface area contributed by atoms with E-state index < -0.39 is 0 Å². The fraction of sp³-hybridized carbons (Fsp3) is 0.300. The Kier molecular flexibility index (Phi) is 6.80. The fourth-order valence-electron chi connectivity index (χ4n) is 2.53. The molecule has 0 heterocycles. The molecule has 2 N–H and O–H groups in total. The number of amides is 2. The Morgan fingerprint density at radius 1 is 0.962 bits per heavy atom. The van der Waals surface area contributed by atoms with E-state index in [0.29, 0.717) is 23.5 Å². The Labute approximate surface area is 162 Å². The summed E-state index contributed by atoms with van der Waals surface area (Å²) >= 11 is 3.44. The number of benzene rings is 2. The predicted octanol–water partition coefficient (Wildman–Crippen LogP) is 4.74. The molecule has 2 rings (SSSR count). The van der Waals surface area contributed by atoms with Crippen LogP contribution >= 0.6 is 15.9 Å². The Hall–Kier alpha value is -2.34. The summed E-state index contributed by atoms with van der Waals surface area (Å²) in [6.45, 7) is 7.48. The summed E-state index contributed by atoms with van der Waals surface area (Å²) in [6, 6.07) is 9.29. The summed E-state index contributed by atoms with van der Waals surface area (Å²) in [5.74, 6) is 0.382. The first kappa shape index (κ1) is 20.0. The van der Waals surface area contributed by atoms with Gasteiger partial charge in [-0.2, -0.15) is 0 Å². The van der Waals surface area contributed by atoms with Crippen molar-refractivity contribution in [2.45, 2.75) is 34.1 Å². The highest BCUT2D eigenvalue weighted by Crippen LogP contribution is 2.27. The van der Waals surface area contributed by atoms with Crippen molar-refractivity contribution in [1.29, 1.82) is 0 Å². The molecule has 0 aliphatic rings. The number of halogens is 1. The molecule has 26 heavy (non-hydrogen) atoms. The maximum Gasteiger partial charge on any atom is 0.262 e. The molecular weight excluding hydrogens is 396 g/mol. The Bertz CT molecular complexity index is 811. The summed E-state index contributed by atoms with van der Waals surface area (Å²) < 4.78 is 6.67. The van der Waals surface area contributed by atoms with Crippen LogP contribution in [0.4, 0.5) is 11.4 Å². The molecular formula is C20H23BrN2O3. The van der Waals surface area contributed by atoms with E-state index in [9.17, 15) is 9.59 Å². The van der Waals surface area contributed by atoms with Crippen molar-refractivity contribution in [2.75, 3.05) is 17.2 Å². The molecule has 0 aliphatic carbocycles. The molecule has 5 nitrogen and oxygen atoms in total. The van der Waals surface area contributed by atoms with Crippen LogP contribution in [0.2, 0.25) is 0 Å². The zero-order valence-corrected chi connectivity index (χ0v) is 17.0. The van der Waals surface area contributed by atoms with Crippen molar-refractivity contribution < 1.29 is 14.3 Å². The lowest BCUT2D eigenvalue weighted by Gasteiger charge is -2.14. The minimum Gasteiger partial charge on any atom is -0.483 e. The fourth-order valence-corrected chi connectivity index (χ4v) is 3.22. The molecule has 0 radical (unpaired) electrons. The van der Waals surface area contributed by atoms with Crippen molar-refractivity contribution in [3.63, 3.8) is 0 Å². The van der Waals surface area contributed by atoms with E-state index in [0.717, 1.165) is 21.2 Å². The number of carbonyl (C=O) groups excluding carboxylic acids is 2. The number of aryl methyl sites for hydroxylation is 3. The third kappa shape index (κ3) is 5.33. The van der Waals surface area contributed by atoms with Crippen LogP contribution in [0.1, 0.15) is 30.0 Å². The van der Waals surface area contributed by atoms with E-state index in [-0.39, 0.29) is 18.4 Å². The highest BCUT2D eigenvalue weighted by Gasteiger charge is 2.10. The molecule has 0 aromatic heterocycles. The van der Waals surface area contributed by atoms with Gasteiger partial charge in [-0.15, -0.1) is 0 Å².